The molecular weight excluding hydrogens is 420 g/mol. The molecule has 0 spiro atoms. The van der Waals surface area contributed by atoms with Crippen LogP contribution in [0.1, 0.15) is 5.56 Å². The lowest BCUT2D eigenvalue weighted by molar-refractivity contribution is -0.384. The van der Waals surface area contributed by atoms with Crippen LogP contribution in [0.25, 0.3) is 0 Å². The number of nitro groups is 1. The van der Waals surface area contributed by atoms with Crippen molar-refractivity contribution in [2.75, 3.05) is 7.11 Å². The molecule has 0 aromatic heterocycles. The van der Waals surface area contributed by atoms with E-state index < -0.39 is 4.92 Å². The van der Waals surface area contributed by atoms with Crippen molar-refractivity contribution in [1.29, 1.82) is 0 Å². The number of hydrogen-bond acceptors (Lipinski definition) is 5. The summed E-state index contributed by atoms with van der Waals surface area (Å²) >= 11 is 6.70. The van der Waals surface area contributed by atoms with Gasteiger partial charge >= 0.3 is 0 Å². The first-order valence-corrected chi connectivity index (χ1v) is 7.56. The number of non-ortho nitro benzene ring substituents is 1. The Kier molecular flexibility index (Phi) is 5.15. The predicted octanol–water partition coefficient (Wildman–Crippen LogP) is 4.58. The van der Waals surface area contributed by atoms with Crippen molar-refractivity contribution in [3.05, 3.63) is 55.0 Å². The van der Waals surface area contributed by atoms with Crippen molar-refractivity contribution in [2.24, 2.45) is 4.99 Å². The van der Waals surface area contributed by atoms with Crippen molar-refractivity contribution in [1.82, 2.24) is 0 Å². The first-order chi connectivity index (χ1) is 10.4. The van der Waals surface area contributed by atoms with E-state index in [9.17, 15) is 15.2 Å². The van der Waals surface area contributed by atoms with Crippen LogP contribution in [0.3, 0.4) is 0 Å². The smallest absolute Gasteiger partial charge is 0.269 e. The number of benzene rings is 2. The maximum Gasteiger partial charge on any atom is 0.269 e. The topological polar surface area (TPSA) is 85.0 Å². The molecule has 0 heterocycles. The summed E-state index contributed by atoms with van der Waals surface area (Å²) in [5, 5.41) is 20.7. The van der Waals surface area contributed by atoms with E-state index in [1.54, 1.807) is 6.07 Å². The van der Waals surface area contributed by atoms with Crippen LogP contribution in [0.5, 0.6) is 11.5 Å². The Hall–Kier alpha value is -1.93. The Labute approximate surface area is 142 Å². The Balaban J connectivity index is 2.37. The maximum absolute atomic E-state index is 10.6. The van der Waals surface area contributed by atoms with Crippen LogP contribution in [0.15, 0.2) is 44.3 Å². The van der Waals surface area contributed by atoms with Gasteiger partial charge < -0.3 is 9.84 Å². The van der Waals surface area contributed by atoms with E-state index in [0.717, 1.165) is 0 Å². The molecule has 0 atom stereocenters. The molecule has 2 rings (SSSR count). The minimum atomic E-state index is -0.477. The highest BCUT2D eigenvalue weighted by atomic mass is 79.9. The molecule has 0 saturated heterocycles. The van der Waals surface area contributed by atoms with Gasteiger partial charge in [0.25, 0.3) is 5.69 Å². The first-order valence-electron chi connectivity index (χ1n) is 5.97. The van der Waals surface area contributed by atoms with Crippen LogP contribution in [0.4, 0.5) is 11.4 Å². The molecule has 6 nitrogen and oxygen atoms in total. The third-order valence-corrected chi connectivity index (χ3v) is 4.83. The zero-order chi connectivity index (χ0) is 16.3. The summed E-state index contributed by atoms with van der Waals surface area (Å²) in [6.45, 7) is 0. The van der Waals surface area contributed by atoms with Crippen LogP contribution < -0.4 is 4.74 Å². The van der Waals surface area contributed by atoms with E-state index in [2.05, 4.69) is 36.9 Å². The third-order valence-electron chi connectivity index (χ3n) is 2.82. The molecule has 0 aliphatic carbocycles. The summed E-state index contributed by atoms with van der Waals surface area (Å²) in [4.78, 5) is 14.3. The molecule has 114 valence electrons. The van der Waals surface area contributed by atoms with Crippen molar-refractivity contribution in [3.8, 4) is 11.5 Å². The standard InChI is InChI=1S/C14H10Br2N2O4/c1-22-12-6-11(15)13(16)10(14(12)19)7-17-8-2-4-9(5-3-8)18(20)21/h2-7,19H,1H3. The third kappa shape index (κ3) is 3.45. The summed E-state index contributed by atoms with van der Waals surface area (Å²) in [6, 6.07) is 7.40. The predicted molar refractivity (Wildman–Crippen MR) is 90.4 cm³/mol. The number of aromatic hydroxyl groups is 1. The van der Waals surface area contributed by atoms with Crippen molar-refractivity contribution in [3.63, 3.8) is 0 Å². The molecule has 0 fully saturated rings. The number of rotatable bonds is 4. The number of methoxy groups -OCH3 is 1. The van der Waals surface area contributed by atoms with E-state index in [4.69, 9.17) is 4.74 Å². The Morgan fingerprint density at radius 2 is 1.95 bits per heavy atom. The summed E-state index contributed by atoms with van der Waals surface area (Å²) in [6.07, 6.45) is 1.45. The zero-order valence-electron chi connectivity index (χ0n) is 11.3. The minimum Gasteiger partial charge on any atom is -0.504 e. The second-order valence-corrected chi connectivity index (χ2v) is 5.82. The number of nitrogens with zero attached hydrogens (tertiary/aromatic N) is 2. The Morgan fingerprint density at radius 3 is 2.50 bits per heavy atom. The van der Waals surface area contributed by atoms with E-state index in [-0.39, 0.29) is 11.4 Å². The summed E-state index contributed by atoms with van der Waals surface area (Å²) < 4.78 is 6.40. The van der Waals surface area contributed by atoms with Gasteiger partial charge in [-0.05, 0) is 50.1 Å². The van der Waals surface area contributed by atoms with Gasteiger partial charge in [0.15, 0.2) is 11.5 Å². The van der Waals surface area contributed by atoms with E-state index in [1.807, 2.05) is 0 Å². The molecule has 2 aromatic rings. The number of phenolic OH excluding ortho intramolecular Hbond substituents is 1. The molecule has 0 amide bonds. The molecule has 0 unspecified atom stereocenters. The van der Waals surface area contributed by atoms with Crippen molar-refractivity contribution < 1.29 is 14.8 Å². The SMILES string of the molecule is COc1cc(Br)c(Br)c(C=Nc2ccc([N+](=O)[O-])cc2)c1O. The monoisotopic (exact) mass is 428 g/mol. The quantitative estimate of drug-likeness (QED) is 0.437. The molecule has 0 radical (unpaired) electrons. The van der Waals surface area contributed by atoms with Gasteiger partial charge in [0.2, 0.25) is 0 Å². The largest absolute Gasteiger partial charge is 0.504 e. The molecule has 1 N–H and O–H groups in total. The van der Waals surface area contributed by atoms with Crippen LogP contribution in [0, 0.1) is 10.1 Å². The molecule has 0 saturated carbocycles. The average molecular weight is 430 g/mol. The zero-order valence-corrected chi connectivity index (χ0v) is 14.5. The molecule has 22 heavy (non-hydrogen) atoms. The van der Waals surface area contributed by atoms with Gasteiger partial charge in [0, 0.05) is 27.3 Å². The van der Waals surface area contributed by atoms with Gasteiger partial charge in [-0.3, -0.25) is 15.1 Å². The number of nitro benzene ring substituents is 1. The lowest BCUT2D eigenvalue weighted by Gasteiger charge is -2.09. The highest BCUT2D eigenvalue weighted by molar-refractivity contribution is 9.13. The number of ether oxygens (including phenoxy) is 1. The number of phenols is 1. The first kappa shape index (κ1) is 16.4. The Morgan fingerprint density at radius 1 is 1.32 bits per heavy atom. The molecule has 0 bridgehead atoms. The van der Waals surface area contributed by atoms with Gasteiger partial charge in [0.1, 0.15) is 0 Å². The lowest BCUT2D eigenvalue weighted by atomic mass is 10.2. The second-order valence-electron chi connectivity index (χ2n) is 4.17. The molecule has 0 aliphatic heterocycles. The fourth-order valence-corrected chi connectivity index (χ4v) is 2.51. The summed E-state index contributed by atoms with van der Waals surface area (Å²) in [5.74, 6) is 0.253. The summed E-state index contributed by atoms with van der Waals surface area (Å²) in [5.41, 5.74) is 0.951. The highest BCUT2D eigenvalue weighted by Gasteiger charge is 2.14. The Bertz CT molecular complexity index is 745. The van der Waals surface area contributed by atoms with Crippen LogP contribution >= 0.6 is 31.9 Å². The van der Waals surface area contributed by atoms with Crippen molar-refractivity contribution in [2.45, 2.75) is 0 Å². The van der Waals surface area contributed by atoms with Gasteiger partial charge in [-0.25, -0.2) is 0 Å². The van der Waals surface area contributed by atoms with Gasteiger partial charge in [-0.15, -0.1) is 0 Å². The highest BCUT2D eigenvalue weighted by Crippen LogP contribution is 2.39. The van der Waals surface area contributed by atoms with Crippen molar-refractivity contribution >= 4 is 49.4 Å². The summed E-state index contributed by atoms with van der Waals surface area (Å²) in [7, 11) is 1.45. The van der Waals surface area contributed by atoms with E-state index in [0.29, 0.717) is 25.9 Å². The number of aliphatic imine (C=N–C) groups is 1. The fraction of sp³-hybridized carbons (Fsp3) is 0.0714. The van der Waals surface area contributed by atoms with Crippen LogP contribution in [0.2, 0.25) is 0 Å². The second kappa shape index (κ2) is 6.89. The lowest BCUT2D eigenvalue weighted by Crippen LogP contribution is -1.92. The number of hydrogen-bond donors (Lipinski definition) is 1. The van der Waals surface area contributed by atoms with Gasteiger partial charge in [0.05, 0.1) is 23.3 Å². The molecule has 0 aliphatic rings. The normalized spacial score (nSPS) is 10.9. The fourth-order valence-electron chi connectivity index (χ4n) is 1.69. The molecule has 8 heteroatoms. The van der Waals surface area contributed by atoms with Gasteiger partial charge in [-0.1, -0.05) is 0 Å². The van der Waals surface area contributed by atoms with E-state index in [1.165, 1.54) is 37.6 Å². The minimum absolute atomic E-state index is 0.00731. The number of halogens is 2. The molecular formula is C14H10Br2N2O4. The van der Waals surface area contributed by atoms with Crippen LogP contribution in [-0.4, -0.2) is 23.4 Å². The average Bonchev–Trinajstić information content (AvgIpc) is 2.51. The molecule has 2 aromatic carbocycles. The van der Waals surface area contributed by atoms with Gasteiger partial charge in [-0.2, -0.15) is 0 Å². The van der Waals surface area contributed by atoms with E-state index >= 15 is 0 Å². The van der Waals surface area contributed by atoms with Crippen LogP contribution in [-0.2, 0) is 0 Å². The maximum atomic E-state index is 10.6.